The molecule has 1 amide bonds. The molecular formula is C23H23N5O2. The van der Waals surface area contributed by atoms with Crippen molar-refractivity contribution in [1.29, 1.82) is 0 Å². The standard InChI is InChI=1S/C23H23N5O2/c1-14-9-8-12-19(15(14)2)24-20(29)13-27-23(30)22-21(16(3)25-27)17(4)28(26-22)18-10-6-5-7-11-18/h5-12H,13H2,1-4H3,(H,24,29). The van der Waals surface area contributed by atoms with Crippen molar-refractivity contribution in [1.82, 2.24) is 19.6 Å². The van der Waals surface area contributed by atoms with E-state index in [1.165, 1.54) is 4.68 Å². The number of carbonyl (C=O) groups is 1. The van der Waals surface area contributed by atoms with Gasteiger partial charge in [0.1, 0.15) is 6.54 Å². The number of hydrogen-bond donors (Lipinski definition) is 1. The third-order valence-corrected chi connectivity index (χ3v) is 5.36. The van der Waals surface area contributed by atoms with Crippen LogP contribution >= 0.6 is 0 Å². The van der Waals surface area contributed by atoms with E-state index in [9.17, 15) is 9.59 Å². The van der Waals surface area contributed by atoms with Crippen LogP contribution in [0, 0.1) is 27.7 Å². The van der Waals surface area contributed by atoms with Crippen LogP contribution in [0.5, 0.6) is 0 Å². The molecule has 0 aliphatic rings. The Morgan fingerprint density at radius 3 is 2.43 bits per heavy atom. The van der Waals surface area contributed by atoms with Gasteiger partial charge in [0.25, 0.3) is 5.56 Å². The van der Waals surface area contributed by atoms with Crippen LogP contribution in [0.15, 0.2) is 53.3 Å². The molecule has 30 heavy (non-hydrogen) atoms. The number of amides is 1. The lowest BCUT2D eigenvalue weighted by molar-refractivity contribution is -0.117. The summed E-state index contributed by atoms with van der Waals surface area (Å²) in [6, 6.07) is 15.3. The van der Waals surface area contributed by atoms with E-state index in [2.05, 4.69) is 15.5 Å². The van der Waals surface area contributed by atoms with Crippen molar-refractivity contribution >= 4 is 22.5 Å². The summed E-state index contributed by atoms with van der Waals surface area (Å²) in [5.74, 6) is -0.309. The Labute approximate surface area is 174 Å². The molecule has 0 aliphatic heterocycles. The van der Waals surface area contributed by atoms with E-state index in [-0.39, 0.29) is 18.0 Å². The van der Waals surface area contributed by atoms with Crippen LogP contribution < -0.4 is 10.9 Å². The minimum Gasteiger partial charge on any atom is -0.324 e. The van der Waals surface area contributed by atoms with Gasteiger partial charge in [-0.05, 0) is 57.0 Å². The number of nitrogens with zero attached hydrogens (tertiary/aromatic N) is 4. The number of aryl methyl sites for hydroxylation is 3. The largest absolute Gasteiger partial charge is 0.324 e. The molecule has 7 nitrogen and oxygen atoms in total. The Bertz CT molecular complexity index is 1320. The molecule has 0 saturated carbocycles. The Balaban J connectivity index is 1.70. The topological polar surface area (TPSA) is 81.8 Å². The van der Waals surface area contributed by atoms with Crippen LogP contribution in [-0.2, 0) is 11.3 Å². The fraction of sp³-hybridized carbons (Fsp3) is 0.217. The second-order valence-corrected chi connectivity index (χ2v) is 7.40. The molecule has 0 spiro atoms. The fourth-order valence-corrected chi connectivity index (χ4v) is 3.62. The van der Waals surface area contributed by atoms with Crippen molar-refractivity contribution in [2.75, 3.05) is 5.32 Å². The number of benzene rings is 2. The van der Waals surface area contributed by atoms with Crippen LogP contribution in [0.3, 0.4) is 0 Å². The summed E-state index contributed by atoms with van der Waals surface area (Å²) in [6.45, 7) is 7.49. The zero-order valence-corrected chi connectivity index (χ0v) is 17.4. The van der Waals surface area contributed by atoms with E-state index in [0.29, 0.717) is 11.2 Å². The monoisotopic (exact) mass is 401 g/mol. The molecule has 2 aromatic carbocycles. The van der Waals surface area contributed by atoms with Crippen LogP contribution in [0.2, 0.25) is 0 Å². The van der Waals surface area contributed by atoms with Gasteiger partial charge in [0.05, 0.1) is 22.5 Å². The number of para-hydroxylation sites is 1. The lowest BCUT2D eigenvalue weighted by Gasteiger charge is -2.11. The van der Waals surface area contributed by atoms with E-state index in [4.69, 9.17) is 0 Å². The molecule has 2 heterocycles. The van der Waals surface area contributed by atoms with Crippen molar-refractivity contribution in [3.05, 3.63) is 81.4 Å². The van der Waals surface area contributed by atoms with Crippen molar-refractivity contribution in [2.45, 2.75) is 34.2 Å². The molecule has 152 valence electrons. The third kappa shape index (κ3) is 3.39. The second-order valence-electron chi connectivity index (χ2n) is 7.40. The highest BCUT2D eigenvalue weighted by molar-refractivity contribution is 5.91. The lowest BCUT2D eigenvalue weighted by Crippen LogP contribution is -2.30. The van der Waals surface area contributed by atoms with Crippen molar-refractivity contribution in [3.63, 3.8) is 0 Å². The smallest absolute Gasteiger partial charge is 0.295 e. The molecule has 0 aliphatic carbocycles. The molecular weight excluding hydrogens is 378 g/mol. The molecule has 0 fully saturated rings. The molecule has 7 heteroatoms. The Morgan fingerprint density at radius 1 is 0.967 bits per heavy atom. The molecule has 4 rings (SSSR count). The summed E-state index contributed by atoms with van der Waals surface area (Å²) < 4.78 is 2.92. The predicted octanol–water partition coefficient (Wildman–Crippen LogP) is 3.45. The number of hydrogen-bond acceptors (Lipinski definition) is 4. The van der Waals surface area contributed by atoms with E-state index < -0.39 is 0 Å². The maximum atomic E-state index is 13.0. The van der Waals surface area contributed by atoms with Crippen LogP contribution in [0.4, 0.5) is 5.69 Å². The Hall–Kier alpha value is -3.74. The van der Waals surface area contributed by atoms with Crippen molar-refractivity contribution in [3.8, 4) is 5.69 Å². The Kier molecular flexibility index (Phi) is 4.95. The summed E-state index contributed by atoms with van der Waals surface area (Å²) in [5.41, 5.74) is 5.10. The van der Waals surface area contributed by atoms with E-state index in [1.54, 1.807) is 4.68 Å². The molecule has 2 aromatic heterocycles. The zero-order valence-electron chi connectivity index (χ0n) is 17.4. The first-order chi connectivity index (χ1) is 14.4. The van der Waals surface area contributed by atoms with Gasteiger partial charge in [-0.15, -0.1) is 0 Å². The van der Waals surface area contributed by atoms with E-state index >= 15 is 0 Å². The highest BCUT2D eigenvalue weighted by Crippen LogP contribution is 2.21. The fourth-order valence-electron chi connectivity index (χ4n) is 3.62. The van der Waals surface area contributed by atoms with Crippen LogP contribution in [-0.4, -0.2) is 25.5 Å². The first kappa shape index (κ1) is 19.6. The van der Waals surface area contributed by atoms with Gasteiger partial charge in [0.2, 0.25) is 5.91 Å². The molecule has 4 aromatic rings. The first-order valence-corrected chi connectivity index (χ1v) is 9.75. The average molecular weight is 401 g/mol. The highest BCUT2D eigenvalue weighted by atomic mass is 16.2. The molecule has 0 unspecified atom stereocenters. The maximum Gasteiger partial charge on any atom is 0.295 e. The van der Waals surface area contributed by atoms with Gasteiger partial charge in [0.15, 0.2) is 5.52 Å². The maximum absolute atomic E-state index is 13.0. The van der Waals surface area contributed by atoms with Gasteiger partial charge in [-0.3, -0.25) is 9.59 Å². The summed E-state index contributed by atoms with van der Waals surface area (Å²) in [4.78, 5) is 25.6. The van der Waals surface area contributed by atoms with Gasteiger partial charge in [-0.2, -0.15) is 10.2 Å². The van der Waals surface area contributed by atoms with Crippen molar-refractivity contribution in [2.24, 2.45) is 0 Å². The minimum absolute atomic E-state index is 0.180. The van der Waals surface area contributed by atoms with E-state index in [1.807, 2.05) is 76.2 Å². The number of nitrogens with one attached hydrogen (secondary N) is 1. The van der Waals surface area contributed by atoms with E-state index in [0.717, 1.165) is 33.6 Å². The number of fused-ring (bicyclic) bond motifs is 1. The number of aromatic nitrogens is 4. The van der Waals surface area contributed by atoms with Crippen LogP contribution in [0.25, 0.3) is 16.6 Å². The molecule has 0 saturated heterocycles. The number of carbonyl (C=O) groups excluding carboxylic acids is 1. The predicted molar refractivity (Wildman–Crippen MR) is 117 cm³/mol. The summed E-state index contributed by atoms with van der Waals surface area (Å²) in [5, 5.41) is 12.5. The van der Waals surface area contributed by atoms with Gasteiger partial charge >= 0.3 is 0 Å². The van der Waals surface area contributed by atoms with Crippen LogP contribution in [0.1, 0.15) is 22.5 Å². The molecule has 1 N–H and O–H groups in total. The zero-order chi connectivity index (χ0) is 21.4. The molecule has 0 radical (unpaired) electrons. The summed E-state index contributed by atoms with van der Waals surface area (Å²) in [6.07, 6.45) is 0. The molecule has 0 atom stereocenters. The lowest BCUT2D eigenvalue weighted by atomic mass is 10.1. The summed E-state index contributed by atoms with van der Waals surface area (Å²) in [7, 11) is 0. The third-order valence-electron chi connectivity index (χ3n) is 5.36. The normalized spacial score (nSPS) is 11.1. The number of rotatable bonds is 4. The quantitative estimate of drug-likeness (QED) is 0.568. The van der Waals surface area contributed by atoms with Gasteiger partial charge < -0.3 is 5.32 Å². The SMILES string of the molecule is Cc1cccc(NC(=O)Cn2nc(C)c3c(C)n(-c4ccccc4)nc3c2=O)c1C. The average Bonchev–Trinajstić information content (AvgIpc) is 3.08. The van der Waals surface area contributed by atoms with Gasteiger partial charge in [-0.25, -0.2) is 9.36 Å². The first-order valence-electron chi connectivity index (χ1n) is 9.75. The van der Waals surface area contributed by atoms with Gasteiger partial charge in [-0.1, -0.05) is 30.3 Å². The highest BCUT2D eigenvalue weighted by Gasteiger charge is 2.18. The van der Waals surface area contributed by atoms with Gasteiger partial charge in [0, 0.05) is 5.69 Å². The number of anilines is 1. The minimum atomic E-state index is -0.385. The second kappa shape index (κ2) is 7.59. The molecule has 0 bridgehead atoms. The summed E-state index contributed by atoms with van der Waals surface area (Å²) >= 11 is 0. The Morgan fingerprint density at radius 2 is 1.70 bits per heavy atom. The van der Waals surface area contributed by atoms with Crippen molar-refractivity contribution < 1.29 is 4.79 Å².